The predicted molar refractivity (Wildman–Crippen MR) is 76.3 cm³/mol. The van der Waals surface area contributed by atoms with Crippen molar-refractivity contribution in [3.8, 4) is 11.5 Å². The molecule has 0 radical (unpaired) electrons. The Bertz CT molecular complexity index is 389. The molecular formula is C16H26O2. The second-order valence-electron chi connectivity index (χ2n) is 6.48. The van der Waals surface area contributed by atoms with Crippen LogP contribution in [0.25, 0.3) is 0 Å². The molecule has 2 heteroatoms. The highest BCUT2D eigenvalue weighted by molar-refractivity contribution is 5.43. The molecule has 1 N–H and O–H groups in total. The first-order chi connectivity index (χ1) is 8.25. The van der Waals surface area contributed by atoms with Crippen molar-refractivity contribution in [3.05, 3.63) is 23.8 Å². The molecule has 0 aromatic heterocycles. The van der Waals surface area contributed by atoms with Gasteiger partial charge in [-0.05, 0) is 41.4 Å². The van der Waals surface area contributed by atoms with E-state index in [1.165, 1.54) is 5.56 Å². The smallest absolute Gasteiger partial charge is 0.160 e. The Balaban J connectivity index is 3.13. The monoisotopic (exact) mass is 250 g/mol. The summed E-state index contributed by atoms with van der Waals surface area (Å²) in [5.41, 5.74) is 1.44. The predicted octanol–water partition coefficient (Wildman–Crippen LogP) is 4.58. The molecular weight excluding hydrogens is 224 g/mol. The number of hydrogen-bond acceptors (Lipinski definition) is 2. The molecule has 0 amide bonds. The molecule has 1 unspecified atom stereocenters. The molecule has 0 saturated heterocycles. The van der Waals surface area contributed by atoms with Crippen molar-refractivity contribution in [1.29, 1.82) is 0 Å². The van der Waals surface area contributed by atoms with Crippen molar-refractivity contribution in [3.63, 3.8) is 0 Å². The minimum atomic E-state index is 0.201. The summed E-state index contributed by atoms with van der Waals surface area (Å²) in [6.07, 6.45) is 1.14. The van der Waals surface area contributed by atoms with E-state index in [0.29, 0.717) is 17.6 Å². The fraction of sp³-hybridized carbons (Fsp3) is 0.625. The molecule has 0 saturated carbocycles. The van der Waals surface area contributed by atoms with E-state index in [4.69, 9.17) is 4.74 Å². The van der Waals surface area contributed by atoms with E-state index in [2.05, 4.69) is 34.6 Å². The highest BCUT2D eigenvalue weighted by Gasteiger charge is 2.27. The van der Waals surface area contributed by atoms with Gasteiger partial charge in [0.25, 0.3) is 0 Å². The van der Waals surface area contributed by atoms with Gasteiger partial charge in [0.15, 0.2) is 11.5 Å². The third-order valence-corrected chi connectivity index (χ3v) is 3.36. The van der Waals surface area contributed by atoms with Crippen molar-refractivity contribution in [2.75, 3.05) is 7.11 Å². The second-order valence-corrected chi connectivity index (χ2v) is 6.48. The number of phenolic OH excluding ortho intramolecular Hbond substituents is 1. The van der Waals surface area contributed by atoms with E-state index in [0.717, 1.165) is 6.42 Å². The Morgan fingerprint density at radius 2 is 1.83 bits per heavy atom. The average molecular weight is 250 g/mol. The molecule has 0 fully saturated rings. The van der Waals surface area contributed by atoms with Gasteiger partial charge >= 0.3 is 0 Å². The molecule has 0 bridgehead atoms. The fourth-order valence-corrected chi connectivity index (χ4v) is 2.37. The van der Waals surface area contributed by atoms with Gasteiger partial charge in [0.1, 0.15) is 0 Å². The standard InChI is InChI=1S/C16H26O2/c1-11(2)9-13(16(3,4)5)12-7-8-14(17)15(10-12)18-6/h7-8,10-11,13,17H,9H2,1-6H3. The van der Waals surface area contributed by atoms with Gasteiger partial charge in [-0.15, -0.1) is 0 Å². The normalized spacial score (nSPS) is 13.7. The molecule has 18 heavy (non-hydrogen) atoms. The number of rotatable bonds is 4. The Morgan fingerprint density at radius 1 is 1.22 bits per heavy atom. The van der Waals surface area contributed by atoms with Gasteiger partial charge in [-0.3, -0.25) is 0 Å². The summed E-state index contributed by atoms with van der Waals surface area (Å²) < 4.78 is 5.20. The number of methoxy groups -OCH3 is 1. The van der Waals surface area contributed by atoms with Gasteiger partial charge in [-0.2, -0.15) is 0 Å². The molecule has 1 aromatic rings. The van der Waals surface area contributed by atoms with Crippen molar-refractivity contribution < 1.29 is 9.84 Å². The van der Waals surface area contributed by atoms with Gasteiger partial charge in [0, 0.05) is 0 Å². The number of ether oxygens (including phenoxy) is 1. The van der Waals surface area contributed by atoms with Gasteiger partial charge in [0.2, 0.25) is 0 Å². The van der Waals surface area contributed by atoms with Crippen molar-refractivity contribution in [2.45, 2.75) is 47.0 Å². The SMILES string of the molecule is COc1cc(C(CC(C)C)C(C)(C)C)ccc1O. The van der Waals surface area contributed by atoms with E-state index in [1.54, 1.807) is 13.2 Å². The number of hydrogen-bond donors (Lipinski definition) is 1. The number of phenols is 1. The third-order valence-electron chi connectivity index (χ3n) is 3.36. The highest BCUT2D eigenvalue weighted by Crippen LogP contribution is 2.42. The summed E-state index contributed by atoms with van der Waals surface area (Å²) in [5, 5.41) is 9.68. The molecule has 0 aliphatic carbocycles. The van der Waals surface area contributed by atoms with Crippen LogP contribution < -0.4 is 4.74 Å². The minimum absolute atomic E-state index is 0.201. The third kappa shape index (κ3) is 3.66. The quantitative estimate of drug-likeness (QED) is 0.847. The summed E-state index contributed by atoms with van der Waals surface area (Å²) >= 11 is 0. The topological polar surface area (TPSA) is 29.5 Å². The van der Waals surface area contributed by atoms with Gasteiger partial charge in [-0.1, -0.05) is 40.7 Å². The lowest BCUT2D eigenvalue weighted by molar-refractivity contribution is 0.278. The fourth-order valence-electron chi connectivity index (χ4n) is 2.37. The van der Waals surface area contributed by atoms with E-state index in [-0.39, 0.29) is 11.2 Å². The molecule has 1 aromatic carbocycles. The summed E-state index contributed by atoms with van der Waals surface area (Å²) in [7, 11) is 1.59. The average Bonchev–Trinajstić information content (AvgIpc) is 2.25. The molecule has 0 heterocycles. The molecule has 1 rings (SSSR count). The van der Waals surface area contributed by atoms with Crippen LogP contribution in [0.5, 0.6) is 11.5 Å². The zero-order chi connectivity index (χ0) is 13.9. The van der Waals surface area contributed by atoms with E-state index in [9.17, 15) is 5.11 Å². The van der Waals surface area contributed by atoms with Gasteiger partial charge < -0.3 is 9.84 Å². The van der Waals surface area contributed by atoms with Gasteiger partial charge in [-0.25, -0.2) is 0 Å². The first-order valence-electron chi connectivity index (χ1n) is 6.62. The summed E-state index contributed by atoms with van der Waals surface area (Å²) in [4.78, 5) is 0. The maximum absolute atomic E-state index is 9.68. The Labute approximate surface area is 111 Å². The largest absolute Gasteiger partial charge is 0.504 e. The molecule has 102 valence electrons. The van der Waals surface area contributed by atoms with Crippen LogP contribution in [0.4, 0.5) is 0 Å². The second kappa shape index (κ2) is 5.64. The van der Waals surface area contributed by atoms with Crippen LogP contribution in [0.2, 0.25) is 0 Å². The van der Waals surface area contributed by atoms with Gasteiger partial charge in [0.05, 0.1) is 7.11 Å². The zero-order valence-electron chi connectivity index (χ0n) is 12.4. The van der Waals surface area contributed by atoms with Crippen LogP contribution in [0, 0.1) is 11.3 Å². The minimum Gasteiger partial charge on any atom is -0.504 e. The summed E-state index contributed by atoms with van der Waals surface area (Å²) in [6.45, 7) is 11.3. The molecule has 1 atom stereocenters. The molecule has 2 nitrogen and oxygen atoms in total. The molecule has 0 aliphatic rings. The zero-order valence-corrected chi connectivity index (χ0v) is 12.4. The summed E-state index contributed by atoms with van der Waals surface area (Å²) in [5.74, 6) is 1.88. The van der Waals surface area contributed by atoms with Crippen LogP contribution in [-0.4, -0.2) is 12.2 Å². The van der Waals surface area contributed by atoms with Crippen LogP contribution in [0.15, 0.2) is 18.2 Å². The lowest BCUT2D eigenvalue weighted by Gasteiger charge is -2.33. The molecule has 0 spiro atoms. The Kier molecular flexibility index (Phi) is 4.66. The molecule has 0 aliphatic heterocycles. The van der Waals surface area contributed by atoms with Crippen molar-refractivity contribution in [2.24, 2.45) is 11.3 Å². The van der Waals surface area contributed by atoms with Crippen LogP contribution >= 0.6 is 0 Å². The highest BCUT2D eigenvalue weighted by atomic mass is 16.5. The maximum Gasteiger partial charge on any atom is 0.160 e. The first kappa shape index (κ1) is 14.9. The lowest BCUT2D eigenvalue weighted by Crippen LogP contribution is -2.20. The first-order valence-corrected chi connectivity index (χ1v) is 6.62. The van der Waals surface area contributed by atoms with E-state index >= 15 is 0 Å². The van der Waals surface area contributed by atoms with Crippen LogP contribution in [-0.2, 0) is 0 Å². The number of aromatic hydroxyl groups is 1. The van der Waals surface area contributed by atoms with Crippen molar-refractivity contribution in [1.82, 2.24) is 0 Å². The summed E-state index contributed by atoms with van der Waals surface area (Å²) in [6, 6.07) is 5.71. The van der Waals surface area contributed by atoms with Crippen LogP contribution in [0.3, 0.4) is 0 Å². The Morgan fingerprint density at radius 3 is 2.28 bits per heavy atom. The Hall–Kier alpha value is -1.18. The lowest BCUT2D eigenvalue weighted by atomic mass is 9.72. The van der Waals surface area contributed by atoms with E-state index in [1.807, 2.05) is 12.1 Å². The van der Waals surface area contributed by atoms with E-state index < -0.39 is 0 Å². The van der Waals surface area contributed by atoms with Crippen LogP contribution in [0.1, 0.15) is 52.5 Å². The maximum atomic E-state index is 9.68. The number of benzene rings is 1. The van der Waals surface area contributed by atoms with Crippen molar-refractivity contribution >= 4 is 0 Å².